The summed E-state index contributed by atoms with van der Waals surface area (Å²) in [7, 11) is 0. The van der Waals surface area contributed by atoms with Gasteiger partial charge in [-0.1, -0.05) is 29.5 Å². The maximum Gasteiger partial charge on any atom is 0.0964 e. The molecular formula is C15H20N4O. The molecule has 1 aromatic carbocycles. The van der Waals surface area contributed by atoms with E-state index in [1.165, 1.54) is 17.5 Å². The molecule has 5 heteroatoms. The first-order valence-corrected chi connectivity index (χ1v) is 7.15. The highest BCUT2D eigenvalue weighted by Crippen LogP contribution is 2.21. The van der Waals surface area contributed by atoms with Crippen molar-refractivity contribution in [1.82, 2.24) is 20.3 Å². The maximum atomic E-state index is 8.85. The number of hydrogen-bond donors (Lipinski definition) is 2. The lowest BCUT2D eigenvalue weighted by Crippen LogP contribution is -2.34. The lowest BCUT2D eigenvalue weighted by atomic mass is 9.88. The first-order valence-electron chi connectivity index (χ1n) is 7.15. The van der Waals surface area contributed by atoms with E-state index in [2.05, 4.69) is 39.9 Å². The van der Waals surface area contributed by atoms with Crippen LogP contribution in [0.4, 0.5) is 0 Å². The third kappa shape index (κ3) is 3.05. The van der Waals surface area contributed by atoms with Gasteiger partial charge in [-0.05, 0) is 30.4 Å². The zero-order valence-electron chi connectivity index (χ0n) is 11.5. The number of aromatic nitrogens is 3. The van der Waals surface area contributed by atoms with Crippen molar-refractivity contribution in [1.29, 1.82) is 0 Å². The predicted octanol–water partition coefficient (Wildman–Crippen LogP) is 0.917. The number of fused-ring (bicyclic) bond motifs is 1. The topological polar surface area (TPSA) is 63.0 Å². The molecule has 106 valence electrons. The molecule has 0 saturated heterocycles. The summed E-state index contributed by atoms with van der Waals surface area (Å²) >= 11 is 0. The van der Waals surface area contributed by atoms with Crippen LogP contribution in [0.15, 0.2) is 30.5 Å². The van der Waals surface area contributed by atoms with Gasteiger partial charge in [0.15, 0.2) is 0 Å². The Morgan fingerprint density at radius 2 is 2.15 bits per heavy atom. The van der Waals surface area contributed by atoms with Crippen molar-refractivity contribution in [2.24, 2.45) is 0 Å². The van der Waals surface area contributed by atoms with E-state index in [9.17, 15) is 0 Å². The molecule has 1 atom stereocenters. The summed E-state index contributed by atoms with van der Waals surface area (Å²) in [6.45, 7) is 1.33. The summed E-state index contributed by atoms with van der Waals surface area (Å²) in [5.74, 6) is 0. The summed E-state index contributed by atoms with van der Waals surface area (Å²) in [5, 5.41) is 20.5. The molecule has 1 heterocycles. The first kappa shape index (κ1) is 13.3. The van der Waals surface area contributed by atoms with Gasteiger partial charge in [-0.3, -0.25) is 0 Å². The van der Waals surface area contributed by atoms with E-state index < -0.39 is 0 Å². The standard InChI is InChI=1S/C15H20N4O/c20-8-7-19-11-15(17-18-19)10-16-14-6-5-12-3-1-2-4-13(12)9-14/h1-4,11,14,16,20H,5-10H2. The molecule has 20 heavy (non-hydrogen) atoms. The minimum atomic E-state index is 0.0929. The number of nitrogens with one attached hydrogen (secondary N) is 1. The molecule has 3 rings (SSSR count). The SMILES string of the molecule is OCCn1cc(CNC2CCc3ccccc3C2)nn1. The van der Waals surface area contributed by atoms with Gasteiger partial charge in [-0.25, -0.2) is 4.68 Å². The molecule has 5 nitrogen and oxygen atoms in total. The molecule has 1 unspecified atom stereocenters. The van der Waals surface area contributed by atoms with E-state index in [1.807, 2.05) is 6.20 Å². The number of benzene rings is 1. The van der Waals surface area contributed by atoms with Crippen molar-refractivity contribution >= 4 is 0 Å². The van der Waals surface area contributed by atoms with Crippen LogP contribution in [0.5, 0.6) is 0 Å². The molecule has 1 aromatic heterocycles. The van der Waals surface area contributed by atoms with Crippen molar-refractivity contribution in [2.45, 2.75) is 38.4 Å². The number of rotatable bonds is 5. The van der Waals surface area contributed by atoms with Crippen LogP contribution in [0.1, 0.15) is 23.2 Å². The lowest BCUT2D eigenvalue weighted by Gasteiger charge is -2.25. The van der Waals surface area contributed by atoms with E-state index in [-0.39, 0.29) is 6.61 Å². The first-order chi connectivity index (χ1) is 9.85. The van der Waals surface area contributed by atoms with E-state index in [4.69, 9.17) is 5.11 Å². The van der Waals surface area contributed by atoms with E-state index in [1.54, 1.807) is 4.68 Å². The number of aliphatic hydroxyl groups is 1. The molecule has 0 bridgehead atoms. The van der Waals surface area contributed by atoms with Crippen LogP contribution in [0.2, 0.25) is 0 Å². The molecule has 0 saturated carbocycles. The van der Waals surface area contributed by atoms with Crippen molar-refractivity contribution in [3.8, 4) is 0 Å². The Morgan fingerprint density at radius 3 is 3.00 bits per heavy atom. The molecule has 0 radical (unpaired) electrons. The molecular weight excluding hydrogens is 252 g/mol. The Labute approximate surface area is 118 Å². The smallest absolute Gasteiger partial charge is 0.0964 e. The number of hydrogen-bond acceptors (Lipinski definition) is 4. The number of aliphatic hydroxyl groups excluding tert-OH is 1. The van der Waals surface area contributed by atoms with Crippen molar-refractivity contribution in [3.63, 3.8) is 0 Å². The van der Waals surface area contributed by atoms with E-state index in [0.29, 0.717) is 12.6 Å². The maximum absolute atomic E-state index is 8.85. The van der Waals surface area contributed by atoms with Crippen molar-refractivity contribution in [2.75, 3.05) is 6.61 Å². The van der Waals surface area contributed by atoms with Crippen LogP contribution >= 0.6 is 0 Å². The van der Waals surface area contributed by atoms with Gasteiger partial charge in [0.05, 0.1) is 18.8 Å². The third-order valence-electron chi connectivity index (χ3n) is 3.83. The van der Waals surface area contributed by atoms with Gasteiger partial charge in [0.25, 0.3) is 0 Å². The monoisotopic (exact) mass is 272 g/mol. The fraction of sp³-hybridized carbons (Fsp3) is 0.467. The number of aryl methyl sites for hydroxylation is 1. The molecule has 2 N–H and O–H groups in total. The normalized spacial score (nSPS) is 17.9. The lowest BCUT2D eigenvalue weighted by molar-refractivity contribution is 0.268. The second-order valence-corrected chi connectivity index (χ2v) is 5.29. The predicted molar refractivity (Wildman–Crippen MR) is 76.2 cm³/mol. The Kier molecular flexibility index (Phi) is 4.08. The average Bonchev–Trinajstić information content (AvgIpc) is 2.93. The van der Waals surface area contributed by atoms with Crippen LogP contribution in [0.3, 0.4) is 0 Å². The Hall–Kier alpha value is -1.72. The quantitative estimate of drug-likeness (QED) is 0.849. The zero-order chi connectivity index (χ0) is 13.8. The minimum Gasteiger partial charge on any atom is -0.394 e. The highest BCUT2D eigenvalue weighted by Gasteiger charge is 2.17. The van der Waals surface area contributed by atoms with Crippen LogP contribution in [-0.4, -0.2) is 32.7 Å². The van der Waals surface area contributed by atoms with E-state index in [0.717, 1.165) is 25.1 Å². The molecule has 0 spiro atoms. The third-order valence-corrected chi connectivity index (χ3v) is 3.83. The average molecular weight is 272 g/mol. The summed E-state index contributed by atoms with van der Waals surface area (Å²) < 4.78 is 1.67. The minimum absolute atomic E-state index is 0.0929. The fourth-order valence-corrected chi connectivity index (χ4v) is 2.75. The van der Waals surface area contributed by atoms with Crippen LogP contribution < -0.4 is 5.32 Å². The van der Waals surface area contributed by atoms with Crippen LogP contribution in [0, 0.1) is 0 Å². The van der Waals surface area contributed by atoms with Gasteiger partial charge in [-0.2, -0.15) is 0 Å². The Bertz CT molecular complexity index is 567. The highest BCUT2D eigenvalue weighted by atomic mass is 16.3. The van der Waals surface area contributed by atoms with Gasteiger partial charge < -0.3 is 10.4 Å². The Balaban J connectivity index is 1.54. The fourth-order valence-electron chi connectivity index (χ4n) is 2.75. The summed E-state index contributed by atoms with van der Waals surface area (Å²) in [6.07, 6.45) is 5.29. The van der Waals surface area contributed by atoms with Gasteiger partial charge in [0, 0.05) is 18.8 Å². The second kappa shape index (κ2) is 6.15. The molecule has 0 amide bonds. The van der Waals surface area contributed by atoms with Gasteiger partial charge in [0.1, 0.15) is 0 Å². The second-order valence-electron chi connectivity index (χ2n) is 5.29. The summed E-state index contributed by atoms with van der Waals surface area (Å²) in [5.41, 5.74) is 3.87. The van der Waals surface area contributed by atoms with Gasteiger partial charge in [-0.15, -0.1) is 5.10 Å². The van der Waals surface area contributed by atoms with Crippen molar-refractivity contribution in [3.05, 3.63) is 47.3 Å². The van der Waals surface area contributed by atoms with Crippen LogP contribution in [-0.2, 0) is 25.9 Å². The highest BCUT2D eigenvalue weighted by molar-refractivity contribution is 5.30. The molecule has 0 aliphatic heterocycles. The summed E-state index contributed by atoms with van der Waals surface area (Å²) in [4.78, 5) is 0. The molecule has 1 aliphatic rings. The van der Waals surface area contributed by atoms with Crippen LogP contribution in [0.25, 0.3) is 0 Å². The van der Waals surface area contributed by atoms with Gasteiger partial charge in [0.2, 0.25) is 0 Å². The van der Waals surface area contributed by atoms with Crippen molar-refractivity contribution < 1.29 is 5.11 Å². The molecule has 1 aliphatic carbocycles. The molecule has 0 fully saturated rings. The molecule has 2 aromatic rings. The van der Waals surface area contributed by atoms with E-state index >= 15 is 0 Å². The summed E-state index contributed by atoms with van der Waals surface area (Å²) in [6, 6.07) is 9.19. The Morgan fingerprint density at radius 1 is 1.30 bits per heavy atom. The van der Waals surface area contributed by atoms with Gasteiger partial charge >= 0.3 is 0 Å². The zero-order valence-corrected chi connectivity index (χ0v) is 11.5. The largest absolute Gasteiger partial charge is 0.394 e. The number of nitrogens with zero attached hydrogens (tertiary/aromatic N) is 3.